The number of esters is 1. The smallest absolute Gasteiger partial charge is 0.408 e. The molecule has 3 aromatic rings. The lowest BCUT2D eigenvalue weighted by Crippen LogP contribution is -2.52. The number of nitrogens with zero attached hydrogens (tertiary/aromatic N) is 1. The highest BCUT2D eigenvalue weighted by Crippen LogP contribution is 2.12. The largest absolute Gasteiger partial charge is 0.459 e. The van der Waals surface area contributed by atoms with Gasteiger partial charge in [0.05, 0.1) is 4.90 Å². The summed E-state index contributed by atoms with van der Waals surface area (Å²) in [5.41, 5.74) is 8.31. The van der Waals surface area contributed by atoms with Crippen LogP contribution < -0.4 is 21.1 Å². The minimum Gasteiger partial charge on any atom is -0.459 e. The monoisotopic (exact) mass is 665 g/mol. The third-order valence-electron chi connectivity index (χ3n) is 6.86. The Morgan fingerprint density at radius 3 is 1.96 bits per heavy atom. The van der Waals surface area contributed by atoms with E-state index in [1.807, 2.05) is 69.3 Å². The van der Waals surface area contributed by atoms with Gasteiger partial charge in [-0.05, 0) is 55.4 Å². The second-order valence-corrected chi connectivity index (χ2v) is 13.1. The minimum absolute atomic E-state index is 0.00917. The maximum absolute atomic E-state index is 13.5. The van der Waals surface area contributed by atoms with Crippen LogP contribution in [-0.4, -0.2) is 51.0 Å². The average Bonchev–Trinajstić information content (AvgIpc) is 3.04. The van der Waals surface area contributed by atoms with Gasteiger partial charge in [-0.1, -0.05) is 92.2 Å². The van der Waals surface area contributed by atoms with Crippen LogP contribution in [0.15, 0.2) is 94.8 Å². The zero-order chi connectivity index (χ0) is 34.2. The molecule has 0 spiro atoms. The van der Waals surface area contributed by atoms with Gasteiger partial charge in [-0.25, -0.2) is 22.7 Å². The number of carbonyl (C=O) groups is 3. The van der Waals surface area contributed by atoms with Crippen molar-refractivity contribution in [2.75, 3.05) is 6.54 Å². The predicted molar refractivity (Wildman–Crippen MR) is 178 cm³/mol. The quantitative estimate of drug-likeness (QED) is 0.0769. The molecule has 12 nitrogen and oxygen atoms in total. The summed E-state index contributed by atoms with van der Waals surface area (Å²) in [4.78, 5) is 43.3. The Bertz CT molecular complexity index is 1580. The van der Waals surface area contributed by atoms with Crippen molar-refractivity contribution in [1.29, 1.82) is 0 Å². The maximum Gasteiger partial charge on any atom is 0.408 e. The van der Waals surface area contributed by atoms with E-state index < -0.39 is 40.1 Å². The number of nitrogens with two attached hydrogens (primary N) is 1. The van der Waals surface area contributed by atoms with Crippen LogP contribution in [-0.2, 0) is 42.3 Å². The lowest BCUT2D eigenvalue weighted by molar-refractivity contribution is -0.149. The Labute approximate surface area is 276 Å². The zero-order valence-electron chi connectivity index (χ0n) is 26.8. The predicted octanol–water partition coefficient (Wildman–Crippen LogP) is 3.94. The molecule has 47 heavy (non-hydrogen) atoms. The van der Waals surface area contributed by atoms with Crippen molar-refractivity contribution in [3.8, 4) is 0 Å². The number of aliphatic imine (C=N–C) groups is 1. The Morgan fingerprint density at radius 1 is 0.809 bits per heavy atom. The fourth-order valence-electron chi connectivity index (χ4n) is 4.40. The van der Waals surface area contributed by atoms with E-state index in [0.717, 1.165) is 16.7 Å². The summed E-state index contributed by atoms with van der Waals surface area (Å²) < 4.78 is 38.2. The van der Waals surface area contributed by atoms with Crippen molar-refractivity contribution >= 4 is 34.0 Å². The van der Waals surface area contributed by atoms with E-state index in [-0.39, 0.29) is 49.4 Å². The summed E-state index contributed by atoms with van der Waals surface area (Å²) >= 11 is 0. The van der Waals surface area contributed by atoms with E-state index in [0.29, 0.717) is 6.42 Å². The molecule has 0 aromatic heterocycles. The lowest BCUT2D eigenvalue weighted by Gasteiger charge is -2.23. The van der Waals surface area contributed by atoms with Gasteiger partial charge >= 0.3 is 12.1 Å². The van der Waals surface area contributed by atoms with Gasteiger partial charge in [0.1, 0.15) is 25.3 Å². The number of benzene rings is 3. The first-order chi connectivity index (χ1) is 22.4. The molecule has 0 bridgehead atoms. The molecule has 3 aromatic carbocycles. The van der Waals surface area contributed by atoms with Gasteiger partial charge < -0.3 is 25.8 Å². The molecular weight excluding hydrogens is 622 g/mol. The van der Waals surface area contributed by atoms with Gasteiger partial charge in [-0.3, -0.25) is 9.79 Å². The van der Waals surface area contributed by atoms with Gasteiger partial charge in [-0.2, -0.15) is 0 Å². The van der Waals surface area contributed by atoms with E-state index in [4.69, 9.17) is 15.2 Å². The summed E-state index contributed by atoms with van der Waals surface area (Å²) in [5, 5.41) is 5.31. The van der Waals surface area contributed by atoms with Crippen molar-refractivity contribution in [1.82, 2.24) is 15.4 Å². The number of ether oxygens (including phenoxy) is 2. The van der Waals surface area contributed by atoms with Gasteiger partial charge in [0.25, 0.3) is 10.0 Å². The zero-order valence-corrected chi connectivity index (χ0v) is 27.7. The number of alkyl carbamates (subject to hydrolysis) is 1. The van der Waals surface area contributed by atoms with Crippen LogP contribution in [0.3, 0.4) is 0 Å². The first-order valence-corrected chi connectivity index (χ1v) is 16.8. The van der Waals surface area contributed by atoms with Crippen LogP contribution in [0.2, 0.25) is 0 Å². The molecule has 0 radical (unpaired) electrons. The third-order valence-corrected chi connectivity index (χ3v) is 8.23. The van der Waals surface area contributed by atoms with E-state index in [9.17, 15) is 22.8 Å². The molecular formula is C34H43N5O7S. The van der Waals surface area contributed by atoms with E-state index in [1.165, 1.54) is 12.1 Å². The minimum atomic E-state index is -3.93. The standard InChI is InChI=1S/C34H43N5O7S/c1-24(2)21-30(32(41)45-22-26-11-6-4-7-12-26)37-31(40)29(38-34(42)46-23-27-13-8-5-9-14-27)15-10-20-36-33(35)39-47(43,44)28-18-16-25(3)17-19-28/h4-9,11-14,16-19,24,29-30H,10,15,20-23H2,1-3H3,(H,37,40)(H,38,42)(H3,35,36,39)/t29-,30-/m0/s1. The second-order valence-electron chi connectivity index (χ2n) is 11.4. The molecule has 0 aliphatic carbocycles. The number of aryl methyl sites for hydroxylation is 1. The fraction of sp³-hybridized carbons (Fsp3) is 0.353. The Hall–Kier alpha value is -4.91. The number of hydrogen-bond donors (Lipinski definition) is 4. The van der Waals surface area contributed by atoms with Crippen LogP contribution in [0.5, 0.6) is 0 Å². The van der Waals surface area contributed by atoms with Crippen molar-refractivity contribution in [3.05, 3.63) is 102 Å². The highest BCUT2D eigenvalue weighted by Gasteiger charge is 2.28. The molecule has 0 saturated carbocycles. The van der Waals surface area contributed by atoms with Crippen molar-refractivity contribution in [2.45, 2.75) is 70.2 Å². The van der Waals surface area contributed by atoms with Gasteiger partial charge in [0, 0.05) is 6.54 Å². The lowest BCUT2D eigenvalue weighted by atomic mass is 10.0. The van der Waals surface area contributed by atoms with Gasteiger partial charge in [-0.15, -0.1) is 0 Å². The molecule has 3 rings (SSSR count). The molecule has 2 amide bonds. The molecule has 13 heteroatoms. The highest BCUT2D eigenvalue weighted by atomic mass is 32.2. The van der Waals surface area contributed by atoms with Crippen molar-refractivity contribution < 1.29 is 32.3 Å². The second kappa shape index (κ2) is 18.3. The number of nitrogens with one attached hydrogen (secondary N) is 3. The molecule has 252 valence electrons. The van der Waals surface area contributed by atoms with Crippen LogP contribution in [0.4, 0.5) is 4.79 Å². The van der Waals surface area contributed by atoms with Crippen LogP contribution in [0.1, 0.15) is 49.8 Å². The van der Waals surface area contributed by atoms with Crippen LogP contribution in [0.25, 0.3) is 0 Å². The van der Waals surface area contributed by atoms with Gasteiger partial charge in [0.15, 0.2) is 0 Å². The molecule has 2 atom stereocenters. The first kappa shape index (κ1) is 36.6. The molecule has 0 fully saturated rings. The number of carbonyl (C=O) groups excluding carboxylic acids is 3. The summed E-state index contributed by atoms with van der Waals surface area (Å²) in [7, 11) is -3.93. The summed E-state index contributed by atoms with van der Waals surface area (Å²) in [6.07, 6.45) is -0.194. The fourth-order valence-corrected chi connectivity index (χ4v) is 5.36. The summed E-state index contributed by atoms with van der Waals surface area (Å²) in [5.74, 6) is -1.48. The highest BCUT2D eigenvalue weighted by molar-refractivity contribution is 7.90. The maximum atomic E-state index is 13.5. The van der Waals surface area contributed by atoms with Crippen molar-refractivity contribution in [2.24, 2.45) is 16.6 Å². The normalized spacial score (nSPS) is 12.9. The van der Waals surface area contributed by atoms with E-state index >= 15 is 0 Å². The van der Waals surface area contributed by atoms with Crippen LogP contribution >= 0.6 is 0 Å². The molecule has 0 aliphatic heterocycles. The average molecular weight is 666 g/mol. The van der Waals surface area contributed by atoms with Crippen LogP contribution in [0, 0.1) is 12.8 Å². The number of hydrogen-bond acceptors (Lipinski definition) is 8. The number of sulfonamides is 1. The van der Waals surface area contributed by atoms with Crippen molar-refractivity contribution in [3.63, 3.8) is 0 Å². The number of amides is 2. The molecule has 0 aliphatic rings. The topological polar surface area (TPSA) is 178 Å². The third kappa shape index (κ3) is 13.2. The molecule has 0 saturated heterocycles. The van der Waals surface area contributed by atoms with E-state index in [2.05, 4.69) is 20.3 Å². The summed E-state index contributed by atoms with van der Waals surface area (Å²) in [6, 6.07) is 22.4. The molecule has 0 unspecified atom stereocenters. The van der Waals surface area contributed by atoms with E-state index in [1.54, 1.807) is 24.3 Å². The Morgan fingerprint density at radius 2 is 1.38 bits per heavy atom. The first-order valence-electron chi connectivity index (χ1n) is 15.3. The van der Waals surface area contributed by atoms with Gasteiger partial charge in [0.2, 0.25) is 11.9 Å². The Balaban J connectivity index is 1.65. The summed E-state index contributed by atoms with van der Waals surface area (Å²) in [6.45, 7) is 5.75. The number of rotatable bonds is 16. The molecule has 5 N–H and O–H groups in total. The number of guanidine groups is 1. The SMILES string of the molecule is Cc1ccc(S(=O)(=O)NC(N)=NCCC[C@H](NC(=O)OCc2ccccc2)C(=O)N[C@@H](CC(C)C)C(=O)OCc2ccccc2)cc1. The molecule has 0 heterocycles. The Kier molecular flexibility index (Phi) is 14.2.